The van der Waals surface area contributed by atoms with Crippen LogP contribution in [0.15, 0.2) is 22.9 Å². The highest BCUT2D eigenvalue weighted by Crippen LogP contribution is 2.12. The molecule has 0 fully saturated rings. The summed E-state index contributed by atoms with van der Waals surface area (Å²) in [4.78, 5) is 26.1. The molecule has 1 aromatic heterocycles. The Bertz CT molecular complexity index is 448. The highest BCUT2D eigenvalue weighted by atomic mass is 79.9. The number of halogens is 1. The molecule has 92 valence electrons. The van der Waals surface area contributed by atoms with Crippen molar-refractivity contribution in [3.8, 4) is 0 Å². The van der Waals surface area contributed by atoms with Crippen LogP contribution in [0, 0.1) is 0 Å². The van der Waals surface area contributed by atoms with Crippen LogP contribution in [0.2, 0.25) is 0 Å². The van der Waals surface area contributed by atoms with Gasteiger partial charge in [-0.3, -0.25) is 4.79 Å². The average Bonchev–Trinajstić information content (AvgIpc) is 2.26. The zero-order chi connectivity index (χ0) is 13.1. The fourth-order valence-electron chi connectivity index (χ4n) is 0.979. The average molecular weight is 303 g/mol. The molecule has 3 N–H and O–H groups in total. The number of aliphatic hydroxyl groups is 1. The van der Waals surface area contributed by atoms with Crippen molar-refractivity contribution in [1.29, 1.82) is 0 Å². The van der Waals surface area contributed by atoms with Crippen molar-refractivity contribution in [3.05, 3.63) is 28.5 Å². The number of pyridine rings is 1. The minimum atomic E-state index is -2.00. The van der Waals surface area contributed by atoms with Gasteiger partial charge in [-0.25, -0.2) is 9.78 Å². The van der Waals surface area contributed by atoms with Gasteiger partial charge in [0.1, 0.15) is 4.60 Å². The summed E-state index contributed by atoms with van der Waals surface area (Å²) >= 11 is 3.10. The number of aliphatic carboxylic acids is 1. The summed E-state index contributed by atoms with van der Waals surface area (Å²) in [6.45, 7) is 0.719. The van der Waals surface area contributed by atoms with Crippen LogP contribution in [0.3, 0.4) is 0 Å². The fourth-order valence-corrected chi connectivity index (χ4v) is 1.41. The molecule has 0 saturated carbocycles. The monoisotopic (exact) mass is 302 g/mol. The van der Waals surface area contributed by atoms with E-state index in [1.165, 1.54) is 12.3 Å². The van der Waals surface area contributed by atoms with Crippen LogP contribution in [0.5, 0.6) is 0 Å². The summed E-state index contributed by atoms with van der Waals surface area (Å²) < 4.78 is 0.354. The van der Waals surface area contributed by atoms with Gasteiger partial charge in [-0.15, -0.1) is 0 Å². The third-order valence-electron chi connectivity index (χ3n) is 2.06. The number of aromatic nitrogens is 1. The summed E-state index contributed by atoms with van der Waals surface area (Å²) in [6.07, 6.45) is 1.51. The Hall–Kier alpha value is -1.47. The molecule has 0 saturated heterocycles. The Morgan fingerprint density at radius 2 is 2.24 bits per heavy atom. The number of nitrogens with one attached hydrogen (secondary N) is 1. The van der Waals surface area contributed by atoms with E-state index in [1.807, 2.05) is 0 Å². The van der Waals surface area contributed by atoms with Crippen molar-refractivity contribution in [2.75, 3.05) is 6.54 Å². The molecule has 1 heterocycles. The number of carbonyl (C=O) groups excluding carboxylic acids is 1. The zero-order valence-electron chi connectivity index (χ0n) is 8.98. The van der Waals surface area contributed by atoms with Gasteiger partial charge in [0, 0.05) is 6.20 Å². The Morgan fingerprint density at radius 3 is 2.76 bits per heavy atom. The lowest BCUT2D eigenvalue weighted by Gasteiger charge is -2.18. The van der Waals surface area contributed by atoms with Gasteiger partial charge in [-0.2, -0.15) is 0 Å². The molecule has 0 aliphatic heterocycles. The molecule has 1 aromatic rings. The van der Waals surface area contributed by atoms with Gasteiger partial charge in [0.15, 0.2) is 5.60 Å². The molecule has 17 heavy (non-hydrogen) atoms. The van der Waals surface area contributed by atoms with Gasteiger partial charge >= 0.3 is 5.97 Å². The van der Waals surface area contributed by atoms with E-state index < -0.39 is 17.5 Å². The van der Waals surface area contributed by atoms with Crippen LogP contribution >= 0.6 is 15.9 Å². The highest BCUT2D eigenvalue weighted by Gasteiger charge is 2.30. The molecule has 0 aliphatic rings. The Kier molecular flexibility index (Phi) is 4.19. The second kappa shape index (κ2) is 5.24. The van der Waals surface area contributed by atoms with Gasteiger partial charge in [0.25, 0.3) is 5.91 Å². The SMILES string of the molecule is CC(O)(CNC(=O)c1cccnc1Br)C(=O)O. The first-order valence-corrected chi connectivity index (χ1v) is 5.48. The summed E-state index contributed by atoms with van der Waals surface area (Å²) in [5.74, 6) is -1.91. The molecule has 6 nitrogen and oxygen atoms in total. The van der Waals surface area contributed by atoms with Gasteiger partial charge < -0.3 is 15.5 Å². The van der Waals surface area contributed by atoms with Crippen molar-refractivity contribution >= 4 is 27.8 Å². The molecule has 1 atom stereocenters. The Balaban J connectivity index is 2.69. The number of nitrogens with zero attached hydrogens (tertiary/aromatic N) is 1. The first-order chi connectivity index (χ1) is 7.84. The van der Waals surface area contributed by atoms with Crippen molar-refractivity contribution < 1.29 is 19.8 Å². The van der Waals surface area contributed by atoms with Crippen molar-refractivity contribution in [3.63, 3.8) is 0 Å². The van der Waals surface area contributed by atoms with E-state index >= 15 is 0 Å². The van der Waals surface area contributed by atoms with Crippen LogP contribution in [-0.2, 0) is 4.79 Å². The van der Waals surface area contributed by atoms with E-state index in [-0.39, 0.29) is 12.1 Å². The lowest BCUT2D eigenvalue weighted by atomic mass is 10.1. The Labute approximate surface area is 106 Å². The molecule has 1 amide bonds. The summed E-state index contributed by atoms with van der Waals surface area (Å²) in [7, 11) is 0. The molecule has 0 radical (unpaired) electrons. The predicted octanol–water partition coefficient (Wildman–Crippen LogP) is 0.410. The fraction of sp³-hybridized carbons (Fsp3) is 0.300. The van der Waals surface area contributed by atoms with Crippen molar-refractivity contribution in [2.45, 2.75) is 12.5 Å². The standard InChI is InChI=1S/C10H11BrN2O4/c1-10(17,9(15)16)5-13-8(14)6-3-2-4-12-7(6)11/h2-4,17H,5H2,1H3,(H,13,14)(H,15,16). The van der Waals surface area contributed by atoms with E-state index in [0.717, 1.165) is 6.92 Å². The maximum Gasteiger partial charge on any atom is 0.337 e. The number of amides is 1. The highest BCUT2D eigenvalue weighted by molar-refractivity contribution is 9.10. The van der Waals surface area contributed by atoms with Crippen molar-refractivity contribution in [1.82, 2.24) is 10.3 Å². The van der Waals surface area contributed by atoms with E-state index in [9.17, 15) is 14.7 Å². The summed E-state index contributed by atoms with van der Waals surface area (Å²) in [5.41, 5.74) is -1.72. The molecule has 1 unspecified atom stereocenters. The maximum atomic E-state index is 11.6. The van der Waals surface area contributed by atoms with Crippen molar-refractivity contribution in [2.24, 2.45) is 0 Å². The minimum absolute atomic E-state index is 0.272. The number of carboxylic acid groups (broad SMARTS) is 1. The second-order valence-corrected chi connectivity index (χ2v) is 4.35. The third kappa shape index (κ3) is 3.50. The lowest BCUT2D eigenvalue weighted by Crippen LogP contribution is -2.46. The smallest absolute Gasteiger partial charge is 0.337 e. The summed E-state index contributed by atoms with van der Waals surface area (Å²) in [5, 5.41) is 20.4. The molecular weight excluding hydrogens is 292 g/mol. The van der Waals surface area contributed by atoms with Crippen LogP contribution in [0.4, 0.5) is 0 Å². The van der Waals surface area contributed by atoms with E-state index in [0.29, 0.717) is 4.60 Å². The lowest BCUT2D eigenvalue weighted by molar-refractivity contribution is -0.155. The number of carbonyl (C=O) groups is 2. The van der Waals surface area contributed by atoms with E-state index in [4.69, 9.17) is 5.11 Å². The van der Waals surface area contributed by atoms with Crippen LogP contribution in [0.25, 0.3) is 0 Å². The van der Waals surface area contributed by atoms with Crippen LogP contribution < -0.4 is 5.32 Å². The van der Waals surface area contributed by atoms with Crippen LogP contribution in [-0.4, -0.2) is 39.2 Å². The van der Waals surface area contributed by atoms with Crippen LogP contribution in [0.1, 0.15) is 17.3 Å². The topological polar surface area (TPSA) is 99.5 Å². The van der Waals surface area contributed by atoms with E-state index in [1.54, 1.807) is 6.07 Å². The number of carboxylic acids is 1. The van der Waals surface area contributed by atoms with Gasteiger partial charge in [-0.1, -0.05) is 0 Å². The molecule has 7 heteroatoms. The number of rotatable bonds is 4. The summed E-state index contributed by atoms with van der Waals surface area (Å²) in [6, 6.07) is 3.11. The third-order valence-corrected chi connectivity index (χ3v) is 2.69. The number of hydrogen-bond acceptors (Lipinski definition) is 4. The molecule has 0 aliphatic carbocycles. The van der Waals surface area contributed by atoms with Gasteiger partial charge in [0.05, 0.1) is 12.1 Å². The zero-order valence-corrected chi connectivity index (χ0v) is 10.6. The molecule has 0 spiro atoms. The van der Waals surface area contributed by atoms with Gasteiger partial charge in [0.2, 0.25) is 0 Å². The van der Waals surface area contributed by atoms with Gasteiger partial charge in [-0.05, 0) is 35.0 Å². The normalized spacial score (nSPS) is 13.8. The molecule has 0 bridgehead atoms. The van der Waals surface area contributed by atoms with E-state index in [2.05, 4.69) is 26.2 Å². The quantitative estimate of drug-likeness (QED) is 0.700. The molecular formula is C10H11BrN2O4. The second-order valence-electron chi connectivity index (χ2n) is 3.60. The first-order valence-electron chi connectivity index (χ1n) is 4.69. The predicted molar refractivity (Wildman–Crippen MR) is 62.5 cm³/mol. The minimum Gasteiger partial charge on any atom is -0.479 e. The number of hydrogen-bond donors (Lipinski definition) is 3. The maximum absolute atomic E-state index is 11.6. The molecule has 1 rings (SSSR count). The Morgan fingerprint density at radius 1 is 1.59 bits per heavy atom. The largest absolute Gasteiger partial charge is 0.479 e. The molecule has 0 aromatic carbocycles. The first kappa shape index (κ1) is 13.6.